The highest BCUT2D eigenvalue weighted by molar-refractivity contribution is 7.09. The summed E-state index contributed by atoms with van der Waals surface area (Å²) in [6.45, 7) is 11.9. The number of thiophene rings is 1. The van der Waals surface area contributed by atoms with Crippen LogP contribution in [0.4, 0.5) is 0 Å². The van der Waals surface area contributed by atoms with Gasteiger partial charge in [-0.3, -0.25) is 4.90 Å². The van der Waals surface area contributed by atoms with Crippen LogP contribution >= 0.6 is 11.3 Å². The lowest BCUT2D eigenvalue weighted by atomic mass is 9.88. The lowest BCUT2D eigenvalue weighted by Crippen LogP contribution is -2.61. The zero-order chi connectivity index (χ0) is 14.4. The molecular weight excluding hydrogens is 268 g/mol. The second kappa shape index (κ2) is 7.55. The van der Waals surface area contributed by atoms with E-state index < -0.39 is 0 Å². The number of nitrogens with one attached hydrogen (secondary N) is 1. The summed E-state index contributed by atoms with van der Waals surface area (Å²) in [4.78, 5) is 4.05. The fourth-order valence-electron chi connectivity index (χ4n) is 2.88. The molecule has 0 aliphatic carbocycles. The van der Waals surface area contributed by atoms with Crippen molar-refractivity contribution in [3.63, 3.8) is 0 Å². The fourth-order valence-corrected chi connectivity index (χ4v) is 3.63. The number of nitrogens with zero attached hydrogens (tertiary/aromatic N) is 1. The molecule has 0 aromatic carbocycles. The zero-order valence-electron chi connectivity index (χ0n) is 13.0. The predicted molar refractivity (Wildman–Crippen MR) is 86.6 cm³/mol. The highest BCUT2D eigenvalue weighted by Gasteiger charge is 2.35. The van der Waals surface area contributed by atoms with E-state index in [-0.39, 0.29) is 5.54 Å². The molecular formula is C16H28N2OS. The molecule has 1 aliphatic heterocycles. The first-order valence-corrected chi connectivity index (χ1v) is 8.61. The Morgan fingerprint density at radius 2 is 2.15 bits per heavy atom. The summed E-state index contributed by atoms with van der Waals surface area (Å²) >= 11 is 1.86. The monoisotopic (exact) mass is 296 g/mol. The summed E-state index contributed by atoms with van der Waals surface area (Å²) in [5.41, 5.74) is 0.156. The molecule has 0 spiro atoms. The van der Waals surface area contributed by atoms with E-state index in [1.807, 2.05) is 11.3 Å². The fraction of sp³-hybridized carbons (Fsp3) is 0.750. The lowest BCUT2D eigenvalue weighted by molar-refractivity contribution is -0.0231. The smallest absolute Gasteiger partial charge is 0.0594 e. The Labute approximate surface area is 127 Å². The van der Waals surface area contributed by atoms with Crippen molar-refractivity contribution in [2.24, 2.45) is 0 Å². The topological polar surface area (TPSA) is 24.5 Å². The summed E-state index contributed by atoms with van der Waals surface area (Å²) in [6.07, 6.45) is 2.29. The molecule has 1 unspecified atom stereocenters. The van der Waals surface area contributed by atoms with Gasteiger partial charge in [-0.15, -0.1) is 11.3 Å². The van der Waals surface area contributed by atoms with Crippen molar-refractivity contribution in [3.05, 3.63) is 22.4 Å². The van der Waals surface area contributed by atoms with E-state index in [0.29, 0.717) is 6.04 Å². The second-order valence-corrected chi connectivity index (χ2v) is 7.08. The Kier molecular flexibility index (Phi) is 6.02. The molecule has 0 saturated carbocycles. The quantitative estimate of drug-likeness (QED) is 0.837. The standard InChI is InChI=1S/C16H28N2OS/c1-4-7-17-15(13-14-6-5-12-20-14)16(2,3)18-8-10-19-11-9-18/h5-6,12,15,17H,4,7-11,13H2,1-3H3. The third-order valence-corrected chi connectivity index (χ3v) is 5.20. The van der Waals surface area contributed by atoms with Crippen molar-refractivity contribution in [1.82, 2.24) is 10.2 Å². The van der Waals surface area contributed by atoms with E-state index in [1.54, 1.807) is 0 Å². The van der Waals surface area contributed by atoms with Crippen LogP contribution in [0.25, 0.3) is 0 Å². The van der Waals surface area contributed by atoms with Crippen molar-refractivity contribution in [2.45, 2.75) is 45.2 Å². The molecule has 1 N–H and O–H groups in total. The van der Waals surface area contributed by atoms with Gasteiger partial charge >= 0.3 is 0 Å². The minimum Gasteiger partial charge on any atom is -0.379 e. The first kappa shape index (κ1) is 16.0. The Balaban J connectivity index is 2.06. The first-order valence-electron chi connectivity index (χ1n) is 7.73. The number of morpholine rings is 1. The molecule has 0 bridgehead atoms. The average molecular weight is 296 g/mol. The van der Waals surface area contributed by atoms with Crippen LogP contribution in [0.1, 0.15) is 32.1 Å². The highest BCUT2D eigenvalue weighted by Crippen LogP contribution is 2.24. The van der Waals surface area contributed by atoms with Gasteiger partial charge in [-0.1, -0.05) is 13.0 Å². The molecule has 3 nitrogen and oxygen atoms in total. The summed E-state index contributed by atoms with van der Waals surface area (Å²) < 4.78 is 5.50. The SMILES string of the molecule is CCCNC(Cc1cccs1)C(C)(C)N1CCOCC1. The van der Waals surface area contributed by atoms with E-state index in [9.17, 15) is 0 Å². The molecule has 1 aliphatic rings. The second-order valence-electron chi connectivity index (χ2n) is 6.04. The number of ether oxygens (including phenoxy) is 1. The predicted octanol–water partition coefficient (Wildman–Crippen LogP) is 2.77. The maximum atomic E-state index is 5.50. The van der Waals surface area contributed by atoms with E-state index in [1.165, 1.54) is 11.3 Å². The summed E-state index contributed by atoms with van der Waals surface area (Å²) in [5.74, 6) is 0. The van der Waals surface area contributed by atoms with Gasteiger partial charge in [0, 0.05) is 29.5 Å². The van der Waals surface area contributed by atoms with E-state index in [0.717, 1.165) is 39.3 Å². The van der Waals surface area contributed by atoms with Crippen LogP contribution in [-0.4, -0.2) is 49.3 Å². The van der Waals surface area contributed by atoms with Gasteiger partial charge in [0.25, 0.3) is 0 Å². The van der Waals surface area contributed by atoms with Gasteiger partial charge in [-0.05, 0) is 44.7 Å². The van der Waals surface area contributed by atoms with Gasteiger partial charge in [0.2, 0.25) is 0 Å². The highest BCUT2D eigenvalue weighted by atomic mass is 32.1. The average Bonchev–Trinajstić information content (AvgIpc) is 2.97. The molecule has 0 radical (unpaired) electrons. The molecule has 1 atom stereocenters. The maximum absolute atomic E-state index is 5.50. The summed E-state index contributed by atoms with van der Waals surface area (Å²) in [5, 5.41) is 5.94. The molecule has 1 aromatic rings. The van der Waals surface area contributed by atoms with Crippen LogP contribution in [0.5, 0.6) is 0 Å². The van der Waals surface area contributed by atoms with Crippen LogP contribution in [0.15, 0.2) is 17.5 Å². The normalized spacial score (nSPS) is 19.1. The van der Waals surface area contributed by atoms with E-state index in [4.69, 9.17) is 4.74 Å². The minimum absolute atomic E-state index is 0.156. The van der Waals surface area contributed by atoms with E-state index >= 15 is 0 Å². The Morgan fingerprint density at radius 1 is 1.40 bits per heavy atom. The van der Waals surface area contributed by atoms with Crippen LogP contribution in [0.2, 0.25) is 0 Å². The molecule has 4 heteroatoms. The van der Waals surface area contributed by atoms with Gasteiger partial charge in [-0.25, -0.2) is 0 Å². The van der Waals surface area contributed by atoms with Crippen LogP contribution in [0, 0.1) is 0 Å². The first-order chi connectivity index (χ1) is 9.64. The molecule has 2 rings (SSSR count). The number of rotatable bonds is 7. The Hall–Kier alpha value is -0.420. The zero-order valence-corrected chi connectivity index (χ0v) is 13.8. The molecule has 1 aromatic heterocycles. The van der Waals surface area contributed by atoms with Crippen LogP contribution in [-0.2, 0) is 11.2 Å². The summed E-state index contributed by atoms with van der Waals surface area (Å²) in [6, 6.07) is 4.89. The van der Waals surface area contributed by atoms with Crippen LogP contribution in [0.3, 0.4) is 0 Å². The maximum Gasteiger partial charge on any atom is 0.0594 e. The molecule has 1 fully saturated rings. The third-order valence-electron chi connectivity index (χ3n) is 4.31. The largest absolute Gasteiger partial charge is 0.379 e. The van der Waals surface area contributed by atoms with Crippen molar-refractivity contribution >= 4 is 11.3 Å². The number of hydrogen-bond acceptors (Lipinski definition) is 4. The Bertz CT molecular complexity index is 372. The van der Waals surface area contributed by atoms with Crippen molar-refractivity contribution in [2.75, 3.05) is 32.8 Å². The van der Waals surface area contributed by atoms with Gasteiger partial charge in [-0.2, -0.15) is 0 Å². The molecule has 1 saturated heterocycles. The molecule has 20 heavy (non-hydrogen) atoms. The van der Waals surface area contributed by atoms with Crippen LogP contribution < -0.4 is 5.32 Å². The van der Waals surface area contributed by atoms with Crippen molar-refractivity contribution in [3.8, 4) is 0 Å². The van der Waals surface area contributed by atoms with Gasteiger partial charge in [0.15, 0.2) is 0 Å². The minimum atomic E-state index is 0.156. The third kappa shape index (κ3) is 4.04. The summed E-state index contributed by atoms with van der Waals surface area (Å²) in [7, 11) is 0. The molecule has 0 amide bonds. The van der Waals surface area contributed by atoms with Crippen molar-refractivity contribution in [1.29, 1.82) is 0 Å². The molecule has 114 valence electrons. The number of hydrogen-bond donors (Lipinski definition) is 1. The molecule has 2 heterocycles. The van der Waals surface area contributed by atoms with Gasteiger partial charge in [0.1, 0.15) is 0 Å². The lowest BCUT2D eigenvalue weighted by Gasteiger charge is -2.46. The Morgan fingerprint density at radius 3 is 2.75 bits per heavy atom. The van der Waals surface area contributed by atoms with Gasteiger partial charge < -0.3 is 10.1 Å². The van der Waals surface area contributed by atoms with E-state index in [2.05, 4.69) is 48.5 Å². The van der Waals surface area contributed by atoms with Gasteiger partial charge in [0.05, 0.1) is 13.2 Å². The van der Waals surface area contributed by atoms with Crippen molar-refractivity contribution < 1.29 is 4.74 Å².